The smallest absolute Gasteiger partial charge is 0.246 e. The van der Waals surface area contributed by atoms with Gasteiger partial charge in [0.25, 0.3) is 0 Å². The molecule has 1 aliphatic heterocycles. The van der Waals surface area contributed by atoms with E-state index in [0.717, 1.165) is 33.7 Å². The number of carbonyl (C=O) groups is 2. The molecule has 32 heavy (non-hydrogen) atoms. The summed E-state index contributed by atoms with van der Waals surface area (Å²) in [6.45, 7) is 3.54. The Morgan fingerprint density at radius 1 is 1.25 bits per heavy atom. The van der Waals surface area contributed by atoms with Gasteiger partial charge in [0.1, 0.15) is 0 Å². The molecule has 0 unspecified atom stereocenters. The first-order chi connectivity index (χ1) is 15.5. The number of aromatic nitrogens is 1. The SMILES string of the molecule is Cc1ncc2c(c1CNC(=O)Cc1cccs1)CCN(C(=O)C=Cc1ccccc1Cl)C2. The second kappa shape index (κ2) is 10.1. The molecule has 0 spiro atoms. The first-order valence-corrected chi connectivity index (χ1v) is 11.7. The van der Waals surface area contributed by atoms with Crippen LogP contribution in [0.1, 0.15) is 32.8 Å². The number of pyridine rings is 1. The number of thiophene rings is 1. The number of hydrogen-bond acceptors (Lipinski definition) is 4. The zero-order valence-corrected chi connectivity index (χ0v) is 19.4. The highest BCUT2D eigenvalue weighted by molar-refractivity contribution is 7.10. The van der Waals surface area contributed by atoms with Gasteiger partial charge in [0.05, 0.1) is 6.42 Å². The maximum atomic E-state index is 12.7. The number of halogens is 1. The molecule has 0 aliphatic carbocycles. The Hall–Kier alpha value is -2.96. The molecule has 0 saturated carbocycles. The molecule has 164 valence electrons. The Bertz CT molecular complexity index is 1160. The predicted molar refractivity (Wildman–Crippen MR) is 128 cm³/mol. The molecule has 1 N–H and O–H groups in total. The molecule has 0 fully saturated rings. The van der Waals surface area contributed by atoms with Crippen LogP contribution in [0.5, 0.6) is 0 Å². The lowest BCUT2D eigenvalue weighted by atomic mass is 9.94. The third kappa shape index (κ3) is 5.26. The van der Waals surface area contributed by atoms with Crippen molar-refractivity contribution >= 4 is 40.8 Å². The fourth-order valence-electron chi connectivity index (χ4n) is 3.84. The van der Waals surface area contributed by atoms with Gasteiger partial charge in [-0.05, 0) is 59.2 Å². The van der Waals surface area contributed by atoms with Crippen molar-refractivity contribution in [1.82, 2.24) is 15.2 Å². The second-order valence-electron chi connectivity index (χ2n) is 7.72. The number of amides is 2. The van der Waals surface area contributed by atoms with Crippen LogP contribution in [0.2, 0.25) is 5.02 Å². The Kier molecular flexibility index (Phi) is 7.02. The third-order valence-electron chi connectivity index (χ3n) is 5.60. The van der Waals surface area contributed by atoms with Gasteiger partial charge in [-0.2, -0.15) is 0 Å². The van der Waals surface area contributed by atoms with E-state index in [0.29, 0.717) is 31.1 Å². The molecule has 1 aromatic carbocycles. The number of nitrogens with zero attached hydrogens (tertiary/aromatic N) is 2. The molecule has 7 heteroatoms. The number of carbonyl (C=O) groups excluding carboxylic acids is 2. The van der Waals surface area contributed by atoms with Gasteiger partial charge >= 0.3 is 0 Å². The molecule has 3 aromatic rings. The average Bonchev–Trinajstić information content (AvgIpc) is 3.30. The zero-order valence-electron chi connectivity index (χ0n) is 17.8. The molecule has 4 rings (SSSR count). The van der Waals surface area contributed by atoms with Crippen LogP contribution in [-0.2, 0) is 35.5 Å². The van der Waals surface area contributed by atoms with Crippen LogP contribution in [0.25, 0.3) is 6.08 Å². The van der Waals surface area contributed by atoms with Crippen molar-refractivity contribution in [3.8, 4) is 0 Å². The normalized spacial score (nSPS) is 13.2. The van der Waals surface area contributed by atoms with E-state index in [-0.39, 0.29) is 11.8 Å². The van der Waals surface area contributed by atoms with Gasteiger partial charge < -0.3 is 10.2 Å². The summed E-state index contributed by atoms with van der Waals surface area (Å²) in [5.41, 5.74) is 5.01. The van der Waals surface area contributed by atoms with Gasteiger partial charge in [0.2, 0.25) is 11.8 Å². The van der Waals surface area contributed by atoms with Crippen LogP contribution >= 0.6 is 22.9 Å². The predicted octanol–water partition coefficient (Wildman–Crippen LogP) is 4.56. The van der Waals surface area contributed by atoms with Gasteiger partial charge in [0.15, 0.2) is 0 Å². The third-order valence-corrected chi connectivity index (χ3v) is 6.82. The highest BCUT2D eigenvalue weighted by Gasteiger charge is 2.23. The summed E-state index contributed by atoms with van der Waals surface area (Å²) in [5.74, 6) is -0.0521. The van der Waals surface area contributed by atoms with Crippen LogP contribution < -0.4 is 5.32 Å². The highest BCUT2D eigenvalue weighted by Crippen LogP contribution is 2.24. The van der Waals surface area contributed by atoms with E-state index in [1.807, 2.05) is 53.7 Å². The Morgan fingerprint density at radius 3 is 2.88 bits per heavy atom. The lowest BCUT2D eigenvalue weighted by molar-refractivity contribution is -0.126. The summed E-state index contributed by atoms with van der Waals surface area (Å²) in [6.07, 6.45) is 6.29. The standard InChI is InChI=1S/C25H24ClN3O2S/c1-17-22(15-28-24(30)13-20-6-4-12-32-20)21-10-11-29(16-19(21)14-27-17)25(31)9-8-18-5-2-3-7-23(18)26/h2-9,12,14H,10-11,13,15-16H2,1H3,(H,28,30). The lowest BCUT2D eigenvalue weighted by Crippen LogP contribution is -2.36. The molecule has 5 nitrogen and oxygen atoms in total. The van der Waals surface area contributed by atoms with Crippen LogP contribution in [0, 0.1) is 6.92 Å². The fraction of sp³-hybridized carbons (Fsp3) is 0.240. The monoisotopic (exact) mass is 465 g/mol. The van der Waals surface area contributed by atoms with Crippen molar-refractivity contribution in [3.63, 3.8) is 0 Å². The molecule has 2 amide bonds. The molecule has 0 saturated heterocycles. The summed E-state index contributed by atoms with van der Waals surface area (Å²) >= 11 is 7.75. The molecule has 1 aliphatic rings. The van der Waals surface area contributed by atoms with Crippen LogP contribution in [0.3, 0.4) is 0 Å². The van der Waals surface area contributed by atoms with E-state index in [1.165, 1.54) is 5.56 Å². The maximum Gasteiger partial charge on any atom is 0.246 e. The van der Waals surface area contributed by atoms with Crippen molar-refractivity contribution in [1.29, 1.82) is 0 Å². The van der Waals surface area contributed by atoms with Crippen LogP contribution in [0.15, 0.2) is 54.1 Å². The number of benzene rings is 1. The molecular formula is C25H24ClN3O2S. The van der Waals surface area contributed by atoms with Crippen molar-refractivity contribution < 1.29 is 9.59 Å². The van der Waals surface area contributed by atoms with Crippen molar-refractivity contribution in [2.24, 2.45) is 0 Å². The Labute approximate surface area is 196 Å². The van der Waals surface area contributed by atoms with E-state index < -0.39 is 0 Å². The Morgan fingerprint density at radius 2 is 2.09 bits per heavy atom. The summed E-state index contributed by atoms with van der Waals surface area (Å²) < 4.78 is 0. The molecular weight excluding hydrogens is 442 g/mol. The van der Waals surface area contributed by atoms with Crippen molar-refractivity contribution in [2.45, 2.75) is 32.9 Å². The van der Waals surface area contributed by atoms with E-state index in [4.69, 9.17) is 11.6 Å². The fourth-order valence-corrected chi connectivity index (χ4v) is 4.74. The first-order valence-electron chi connectivity index (χ1n) is 10.5. The summed E-state index contributed by atoms with van der Waals surface area (Å²) in [7, 11) is 0. The Balaban J connectivity index is 1.42. The first kappa shape index (κ1) is 22.2. The van der Waals surface area contributed by atoms with Gasteiger partial charge in [-0.3, -0.25) is 14.6 Å². The molecule has 3 heterocycles. The maximum absolute atomic E-state index is 12.7. The largest absolute Gasteiger partial charge is 0.352 e. The quantitative estimate of drug-likeness (QED) is 0.543. The number of rotatable bonds is 6. The second-order valence-corrected chi connectivity index (χ2v) is 9.16. The number of aryl methyl sites for hydroxylation is 1. The highest BCUT2D eigenvalue weighted by atomic mass is 35.5. The van der Waals surface area contributed by atoms with E-state index >= 15 is 0 Å². The van der Waals surface area contributed by atoms with E-state index in [9.17, 15) is 9.59 Å². The van der Waals surface area contributed by atoms with Crippen LogP contribution in [0.4, 0.5) is 0 Å². The number of nitrogens with one attached hydrogen (secondary N) is 1. The zero-order chi connectivity index (χ0) is 22.5. The average molecular weight is 466 g/mol. The number of hydrogen-bond donors (Lipinski definition) is 1. The summed E-state index contributed by atoms with van der Waals surface area (Å²) in [6, 6.07) is 11.3. The minimum atomic E-state index is -0.0538. The van der Waals surface area contributed by atoms with Crippen molar-refractivity contribution in [2.75, 3.05) is 6.54 Å². The molecule has 2 aromatic heterocycles. The van der Waals surface area contributed by atoms with E-state index in [1.54, 1.807) is 29.6 Å². The topological polar surface area (TPSA) is 62.3 Å². The molecule has 0 bridgehead atoms. The molecule has 0 radical (unpaired) electrons. The van der Waals surface area contributed by atoms with Gasteiger partial charge in [-0.1, -0.05) is 35.9 Å². The van der Waals surface area contributed by atoms with E-state index in [2.05, 4.69) is 10.3 Å². The summed E-state index contributed by atoms with van der Waals surface area (Å²) in [5, 5.41) is 5.62. The van der Waals surface area contributed by atoms with Gasteiger partial charge in [-0.25, -0.2) is 0 Å². The lowest BCUT2D eigenvalue weighted by Gasteiger charge is -2.30. The van der Waals surface area contributed by atoms with Crippen LogP contribution in [-0.4, -0.2) is 28.2 Å². The van der Waals surface area contributed by atoms with Crippen molar-refractivity contribution in [3.05, 3.63) is 91.9 Å². The van der Waals surface area contributed by atoms with Gasteiger partial charge in [0, 0.05) is 47.5 Å². The van der Waals surface area contributed by atoms with Gasteiger partial charge in [-0.15, -0.1) is 11.3 Å². The minimum absolute atomic E-state index is 0.00165. The minimum Gasteiger partial charge on any atom is -0.352 e. The molecule has 0 atom stereocenters. The number of fused-ring (bicyclic) bond motifs is 1. The summed E-state index contributed by atoms with van der Waals surface area (Å²) in [4.78, 5) is 32.4.